The van der Waals surface area contributed by atoms with E-state index in [0.29, 0.717) is 46.2 Å². The average Bonchev–Trinajstić information content (AvgIpc) is 3.72. The number of carbonyl (C=O) groups is 2. The van der Waals surface area contributed by atoms with Crippen molar-refractivity contribution >= 4 is 29.3 Å². The van der Waals surface area contributed by atoms with Crippen LogP contribution in [0.15, 0.2) is 71.8 Å². The van der Waals surface area contributed by atoms with Crippen LogP contribution < -0.4 is 16.6 Å². The van der Waals surface area contributed by atoms with Gasteiger partial charge in [-0.1, -0.05) is 28.9 Å². The van der Waals surface area contributed by atoms with E-state index in [-0.39, 0.29) is 17.3 Å². The van der Waals surface area contributed by atoms with Crippen molar-refractivity contribution in [3.05, 3.63) is 99.6 Å². The maximum Gasteiger partial charge on any atom is 0.412 e. The molecule has 224 valence electrons. The van der Waals surface area contributed by atoms with Gasteiger partial charge in [0.1, 0.15) is 11.4 Å². The second-order valence-corrected chi connectivity index (χ2v) is 11.9. The van der Waals surface area contributed by atoms with Gasteiger partial charge in [-0.2, -0.15) is 0 Å². The van der Waals surface area contributed by atoms with E-state index in [4.69, 9.17) is 22.1 Å². The molecule has 0 saturated carbocycles. The molecule has 1 aliphatic rings. The van der Waals surface area contributed by atoms with Crippen molar-refractivity contribution in [2.45, 2.75) is 45.3 Å². The highest BCUT2D eigenvalue weighted by molar-refractivity contribution is 6.31. The van der Waals surface area contributed by atoms with Gasteiger partial charge in [-0.3, -0.25) is 14.9 Å². The van der Waals surface area contributed by atoms with Crippen molar-refractivity contribution in [2.75, 3.05) is 5.32 Å². The van der Waals surface area contributed by atoms with E-state index in [1.54, 1.807) is 67.9 Å². The zero-order valence-corrected chi connectivity index (χ0v) is 24.9. The van der Waals surface area contributed by atoms with Gasteiger partial charge in [0.2, 0.25) is 0 Å². The first kappa shape index (κ1) is 28.9. The molecule has 44 heavy (non-hydrogen) atoms. The number of hydrogen-bond acceptors (Lipinski definition) is 7. The molecular formula is C31H29ClN8O4. The van der Waals surface area contributed by atoms with Crippen LogP contribution in [0.1, 0.15) is 55.2 Å². The van der Waals surface area contributed by atoms with Crippen molar-refractivity contribution < 1.29 is 14.3 Å². The third-order valence-corrected chi connectivity index (χ3v) is 7.38. The van der Waals surface area contributed by atoms with E-state index >= 15 is 0 Å². The standard InChI is InChI=1S/C31H29ClN8O4/c1-31(2,3)44-30(43)35-20-7-4-17(5-8-20)23-15-34-29(36-23)26-11-9-21-12-18(13-27(41)40(21)26)22-14-19(32)6-10-25(22)39-16-24(28(33)42)37-38-39/h4-8,10,12-16,26H,9,11H2,1-3H3,(H2,33,42)(H,34,36)(H,35,43)/t26-/m0/s1. The lowest BCUT2D eigenvalue weighted by Crippen LogP contribution is -2.27. The Labute approximate surface area is 256 Å². The fraction of sp³-hybridized carbons (Fsp3) is 0.226. The molecule has 4 heterocycles. The van der Waals surface area contributed by atoms with E-state index in [9.17, 15) is 14.4 Å². The van der Waals surface area contributed by atoms with Gasteiger partial charge in [-0.15, -0.1) is 5.10 Å². The minimum Gasteiger partial charge on any atom is -0.444 e. The SMILES string of the molecule is CC(C)(C)OC(=O)Nc1ccc(-c2cnc([C@@H]3CCc4cc(-c5cc(Cl)ccc5-n5cc(C(N)=O)nn5)cc(=O)n43)[nH]2)cc1. The minimum absolute atomic E-state index is 0.0222. The summed E-state index contributed by atoms with van der Waals surface area (Å²) >= 11 is 6.34. The fourth-order valence-corrected chi connectivity index (χ4v) is 5.42. The van der Waals surface area contributed by atoms with Gasteiger partial charge in [0.05, 0.1) is 29.8 Å². The van der Waals surface area contributed by atoms with Gasteiger partial charge in [-0.25, -0.2) is 14.5 Å². The first-order valence-corrected chi connectivity index (χ1v) is 14.3. The number of aromatic nitrogens is 6. The number of halogens is 1. The Balaban J connectivity index is 1.25. The number of benzene rings is 2. The number of rotatable bonds is 6. The maximum absolute atomic E-state index is 13.6. The molecule has 0 bridgehead atoms. The van der Waals surface area contributed by atoms with Crippen LogP contribution in [0.2, 0.25) is 5.02 Å². The first-order chi connectivity index (χ1) is 20.9. The third kappa shape index (κ3) is 5.84. The number of nitrogens with two attached hydrogens (primary N) is 1. The van der Waals surface area contributed by atoms with Crippen LogP contribution in [0.25, 0.3) is 28.1 Å². The summed E-state index contributed by atoms with van der Waals surface area (Å²) in [5.41, 5.74) is 9.64. The third-order valence-electron chi connectivity index (χ3n) is 7.15. The Morgan fingerprint density at radius 3 is 2.57 bits per heavy atom. The van der Waals surface area contributed by atoms with Crippen LogP contribution in [-0.2, 0) is 11.2 Å². The number of ether oxygens (including phenoxy) is 1. The lowest BCUT2D eigenvalue weighted by Gasteiger charge is -2.19. The number of aryl methyl sites for hydroxylation is 1. The van der Waals surface area contributed by atoms with E-state index < -0.39 is 17.6 Å². The molecule has 0 fully saturated rings. The number of aromatic amines is 1. The molecule has 4 N–H and O–H groups in total. The van der Waals surface area contributed by atoms with Crippen molar-refractivity contribution in [3.63, 3.8) is 0 Å². The van der Waals surface area contributed by atoms with E-state index in [1.807, 2.05) is 18.2 Å². The molecule has 0 unspecified atom stereocenters. The predicted octanol–water partition coefficient (Wildman–Crippen LogP) is 5.12. The molecule has 5 aromatic rings. The number of fused-ring (bicyclic) bond motifs is 1. The molecule has 13 heteroatoms. The number of carbonyl (C=O) groups excluding carboxylic acids is 2. The van der Waals surface area contributed by atoms with Crippen LogP contribution in [0, 0.1) is 0 Å². The molecule has 0 radical (unpaired) electrons. The van der Waals surface area contributed by atoms with Crippen molar-refractivity contribution in [1.29, 1.82) is 0 Å². The Morgan fingerprint density at radius 1 is 1.09 bits per heavy atom. The second kappa shape index (κ2) is 11.1. The van der Waals surface area contributed by atoms with Gasteiger partial charge in [0, 0.05) is 28.0 Å². The molecule has 1 aliphatic heterocycles. The van der Waals surface area contributed by atoms with Crippen LogP contribution in [0.4, 0.5) is 10.5 Å². The fourth-order valence-electron chi connectivity index (χ4n) is 5.25. The van der Waals surface area contributed by atoms with Crippen LogP contribution >= 0.6 is 11.6 Å². The number of anilines is 1. The average molecular weight is 613 g/mol. The zero-order valence-electron chi connectivity index (χ0n) is 24.2. The lowest BCUT2D eigenvalue weighted by atomic mass is 10.0. The summed E-state index contributed by atoms with van der Waals surface area (Å²) < 4.78 is 8.50. The summed E-state index contributed by atoms with van der Waals surface area (Å²) in [4.78, 5) is 45.2. The van der Waals surface area contributed by atoms with E-state index in [0.717, 1.165) is 17.0 Å². The van der Waals surface area contributed by atoms with Crippen LogP contribution in [-0.4, -0.2) is 47.1 Å². The molecule has 12 nitrogen and oxygen atoms in total. The van der Waals surface area contributed by atoms with Crippen molar-refractivity contribution in [3.8, 4) is 28.1 Å². The number of pyridine rings is 1. The molecule has 0 spiro atoms. The highest BCUT2D eigenvalue weighted by Gasteiger charge is 2.28. The molecule has 2 aromatic carbocycles. The molecule has 3 aromatic heterocycles. The topological polar surface area (TPSA) is 163 Å². The van der Waals surface area contributed by atoms with Crippen LogP contribution in [0.5, 0.6) is 0 Å². The number of primary amides is 1. The number of nitrogens with one attached hydrogen (secondary N) is 2. The Morgan fingerprint density at radius 2 is 1.86 bits per heavy atom. The van der Waals surface area contributed by atoms with Crippen molar-refractivity contribution in [1.82, 2.24) is 29.5 Å². The number of amides is 2. The van der Waals surface area contributed by atoms with Crippen LogP contribution in [0.3, 0.4) is 0 Å². The summed E-state index contributed by atoms with van der Waals surface area (Å²) in [6.07, 6.45) is 4.01. The highest BCUT2D eigenvalue weighted by Crippen LogP contribution is 2.34. The quantitative estimate of drug-likeness (QED) is 0.239. The predicted molar refractivity (Wildman–Crippen MR) is 165 cm³/mol. The molecule has 1 atom stereocenters. The number of H-pyrrole nitrogens is 1. The zero-order chi connectivity index (χ0) is 31.2. The van der Waals surface area contributed by atoms with Gasteiger partial charge in [0.15, 0.2) is 5.69 Å². The summed E-state index contributed by atoms with van der Waals surface area (Å²) in [7, 11) is 0. The summed E-state index contributed by atoms with van der Waals surface area (Å²) in [5, 5.41) is 11.1. The number of nitrogens with zero attached hydrogens (tertiary/aromatic N) is 5. The minimum atomic E-state index is -0.693. The Kier molecular flexibility index (Phi) is 7.30. The summed E-state index contributed by atoms with van der Waals surface area (Å²) in [6.45, 7) is 5.42. The molecule has 0 aliphatic carbocycles. The molecular weight excluding hydrogens is 584 g/mol. The molecule has 0 saturated heterocycles. The van der Waals surface area contributed by atoms with E-state index in [1.165, 1.54) is 10.9 Å². The Bertz CT molecular complexity index is 1950. The van der Waals surface area contributed by atoms with Gasteiger partial charge in [0.25, 0.3) is 11.5 Å². The van der Waals surface area contributed by atoms with Crippen molar-refractivity contribution in [2.24, 2.45) is 5.73 Å². The van der Waals surface area contributed by atoms with Gasteiger partial charge < -0.3 is 20.0 Å². The first-order valence-electron chi connectivity index (χ1n) is 13.9. The molecule has 6 rings (SSSR count). The summed E-state index contributed by atoms with van der Waals surface area (Å²) in [5.74, 6) is -0.0171. The normalized spacial score (nSPS) is 14.3. The van der Waals surface area contributed by atoms with Gasteiger partial charge in [-0.05, 0) is 81.1 Å². The lowest BCUT2D eigenvalue weighted by molar-refractivity contribution is 0.0635. The second-order valence-electron chi connectivity index (χ2n) is 11.5. The number of imidazole rings is 1. The smallest absolute Gasteiger partial charge is 0.412 e. The summed E-state index contributed by atoms with van der Waals surface area (Å²) in [6, 6.07) is 15.8. The molecule has 2 amide bonds. The highest BCUT2D eigenvalue weighted by atomic mass is 35.5. The Hall–Kier alpha value is -5.23. The van der Waals surface area contributed by atoms with E-state index in [2.05, 4.69) is 25.6 Å². The number of hydrogen-bond donors (Lipinski definition) is 3. The largest absolute Gasteiger partial charge is 0.444 e. The monoisotopic (exact) mass is 612 g/mol. The maximum atomic E-state index is 13.6. The van der Waals surface area contributed by atoms with Gasteiger partial charge >= 0.3 is 6.09 Å².